The molecule has 14 heavy (non-hydrogen) atoms. The van der Waals surface area contributed by atoms with E-state index in [9.17, 15) is 0 Å². The Hall–Kier alpha value is -0.920. The molecule has 76 valence electrons. The fourth-order valence-corrected chi connectivity index (χ4v) is 1.64. The Morgan fingerprint density at radius 2 is 2.43 bits per heavy atom. The molecular formula is C10H15N3S. The maximum Gasteiger partial charge on any atom is 0.0795 e. The summed E-state index contributed by atoms with van der Waals surface area (Å²) in [5.41, 5.74) is 2.55. The molecule has 0 radical (unpaired) electrons. The molecule has 1 atom stereocenters. The van der Waals surface area contributed by atoms with E-state index in [1.165, 1.54) is 0 Å². The van der Waals surface area contributed by atoms with Gasteiger partial charge < -0.3 is 5.32 Å². The van der Waals surface area contributed by atoms with Crippen LogP contribution in [-0.4, -0.2) is 11.5 Å². The zero-order valence-electron chi connectivity index (χ0n) is 8.74. The summed E-state index contributed by atoms with van der Waals surface area (Å²) in [6, 6.07) is 2.48. The van der Waals surface area contributed by atoms with Crippen molar-refractivity contribution < 1.29 is 0 Å². The highest BCUT2D eigenvalue weighted by molar-refractivity contribution is 7.07. The molecule has 1 unspecified atom stereocenters. The number of nitrogens with zero attached hydrogens (tertiary/aromatic N) is 2. The first-order valence-electron chi connectivity index (χ1n) is 4.58. The van der Waals surface area contributed by atoms with Crippen LogP contribution in [0.3, 0.4) is 0 Å². The van der Waals surface area contributed by atoms with Gasteiger partial charge in [-0.05, 0) is 20.8 Å². The van der Waals surface area contributed by atoms with Crippen LogP contribution < -0.4 is 5.32 Å². The average molecular weight is 209 g/mol. The first-order valence-corrected chi connectivity index (χ1v) is 5.52. The third-order valence-electron chi connectivity index (χ3n) is 2.05. The van der Waals surface area contributed by atoms with Crippen LogP contribution in [0.5, 0.6) is 0 Å². The molecule has 0 spiro atoms. The summed E-state index contributed by atoms with van der Waals surface area (Å²) in [4.78, 5) is 4.22. The van der Waals surface area contributed by atoms with Gasteiger partial charge in [0.2, 0.25) is 0 Å². The lowest BCUT2D eigenvalue weighted by molar-refractivity contribution is 0.412. The average Bonchev–Trinajstić information content (AvgIpc) is 2.67. The van der Waals surface area contributed by atoms with E-state index >= 15 is 0 Å². The Labute approximate surface area is 88.8 Å². The largest absolute Gasteiger partial charge is 0.307 e. The van der Waals surface area contributed by atoms with Gasteiger partial charge in [0.25, 0.3) is 0 Å². The van der Waals surface area contributed by atoms with Crippen LogP contribution in [0.15, 0.2) is 10.9 Å². The number of hydrogen-bond donors (Lipinski definition) is 1. The lowest BCUT2D eigenvalue weighted by Gasteiger charge is -2.19. The molecule has 3 nitrogen and oxygen atoms in total. The molecule has 0 saturated carbocycles. The number of thiazole rings is 1. The molecule has 0 fully saturated rings. The molecule has 1 N–H and O–H groups in total. The monoisotopic (exact) mass is 209 g/mol. The summed E-state index contributed by atoms with van der Waals surface area (Å²) in [5.74, 6) is 0. The minimum Gasteiger partial charge on any atom is -0.307 e. The Kier molecular flexibility index (Phi) is 3.62. The molecular weight excluding hydrogens is 194 g/mol. The second-order valence-corrected chi connectivity index (χ2v) is 4.73. The van der Waals surface area contributed by atoms with Crippen molar-refractivity contribution in [3.8, 4) is 6.07 Å². The highest BCUT2D eigenvalue weighted by atomic mass is 32.1. The first kappa shape index (κ1) is 11.2. The summed E-state index contributed by atoms with van der Waals surface area (Å²) in [6.45, 7) is 6.59. The predicted molar refractivity (Wildman–Crippen MR) is 57.9 cm³/mol. The Bertz CT molecular complexity index is 311. The molecule has 0 aromatic carbocycles. The van der Waals surface area contributed by atoms with E-state index in [-0.39, 0.29) is 11.5 Å². The van der Waals surface area contributed by atoms with Crippen molar-refractivity contribution in [2.45, 2.75) is 26.8 Å². The molecule has 0 saturated heterocycles. The second-order valence-electron chi connectivity index (χ2n) is 4.01. The van der Waals surface area contributed by atoms with Gasteiger partial charge in [-0.15, -0.1) is 11.3 Å². The van der Waals surface area contributed by atoms with Gasteiger partial charge in [-0.25, -0.2) is 4.98 Å². The Morgan fingerprint density at radius 3 is 2.93 bits per heavy atom. The lowest BCUT2D eigenvalue weighted by atomic mass is 9.95. The third-order valence-corrected chi connectivity index (χ3v) is 2.65. The lowest BCUT2D eigenvalue weighted by Crippen LogP contribution is -2.30. The van der Waals surface area contributed by atoms with E-state index in [4.69, 9.17) is 5.26 Å². The second kappa shape index (κ2) is 4.54. The van der Waals surface area contributed by atoms with Crippen LogP contribution in [0.2, 0.25) is 0 Å². The summed E-state index contributed by atoms with van der Waals surface area (Å²) in [6.07, 6.45) is 0. The molecule has 1 aromatic rings. The molecule has 0 aliphatic heterocycles. The van der Waals surface area contributed by atoms with Gasteiger partial charge in [0.05, 0.1) is 22.7 Å². The highest BCUT2D eigenvalue weighted by Crippen LogP contribution is 2.16. The van der Waals surface area contributed by atoms with Crippen LogP contribution >= 0.6 is 11.3 Å². The van der Waals surface area contributed by atoms with Crippen LogP contribution in [0.4, 0.5) is 0 Å². The Morgan fingerprint density at radius 1 is 1.71 bits per heavy atom. The first-order chi connectivity index (χ1) is 6.55. The number of nitriles is 1. The quantitative estimate of drug-likeness (QED) is 0.828. The smallest absolute Gasteiger partial charge is 0.0795 e. The van der Waals surface area contributed by atoms with Crippen molar-refractivity contribution in [2.75, 3.05) is 6.54 Å². The standard InChI is InChI=1S/C10H15N3S/c1-8(9-4-14-7-13-9)12-6-10(2,3)5-11/h4,7-8,12H,6H2,1-3H3. The molecule has 0 bridgehead atoms. The minimum absolute atomic E-state index is 0.217. The van der Waals surface area contributed by atoms with Gasteiger partial charge in [-0.2, -0.15) is 5.26 Å². The number of aromatic nitrogens is 1. The summed E-state index contributed by atoms with van der Waals surface area (Å²) in [7, 11) is 0. The zero-order chi connectivity index (χ0) is 10.6. The van der Waals surface area contributed by atoms with Gasteiger partial charge >= 0.3 is 0 Å². The van der Waals surface area contributed by atoms with Gasteiger partial charge in [0.1, 0.15) is 0 Å². The minimum atomic E-state index is -0.315. The molecule has 1 heterocycles. The maximum absolute atomic E-state index is 8.83. The summed E-state index contributed by atoms with van der Waals surface area (Å²) in [5, 5.41) is 14.2. The van der Waals surface area contributed by atoms with Crippen LogP contribution in [0, 0.1) is 16.7 Å². The summed E-state index contributed by atoms with van der Waals surface area (Å²) >= 11 is 1.59. The topological polar surface area (TPSA) is 48.7 Å². The van der Waals surface area contributed by atoms with Crippen molar-refractivity contribution in [3.05, 3.63) is 16.6 Å². The van der Waals surface area contributed by atoms with Gasteiger partial charge in [-0.3, -0.25) is 0 Å². The molecule has 0 aliphatic rings. The van der Waals surface area contributed by atoms with Crippen molar-refractivity contribution in [2.24, 2.45) is 5.41 Å². The van der Waals surface area contributed by atoms with E-state index in [2.05, 4.69) is 23.3 Å². The fourth-order valence-electron chi connectivity index (χ4n) is 0.988. The predicted octanol–water partition coefficient (Wildman–Crippen LogP) is 2.34. The van der Waals surface area contributed by atoms with E-state index < -0.39 is 0 Å². The van der Waals surface area contributed by atoms with E-state index in [0.717, 1.165) is 5.69 Å². The molecule has 0 amide bonds. The van der Waals surface area contributed by atoms with Crippen LogP contribution in [0.25, 0.3) is 0 Å². The number of hydrogen-bond acceptors (Lipinski definition) is 4. The normalized spacial score (nSPS) is 13.6. The Balaban J connectivity index is 2.44. The van der Waals surface area contributed by atoms with Crippen molar-refractivity contribution >= 4 is 11.3 Å². The third kappa shape index (κ3) is 3.09. The number of rotatable bonds is 4. The molecule has 1 rings (SSSR count). The fraction of sp³-hybridized carbons (Fsp3) is 0.600. The van der Waals surface area contributed by atoms with E-state index in [0.29, 0.717) is 6.54 Å². The zero-order valence-corrected chi connectivity index (χ0v) is 9.56. The highest BCUT2D eigenvalue weighted by Gasteiger charge is 2.18. The summed E-state index contributed by atoms with van der Waals surface area (Å²) < 4.78 is 0. The van der Waals surface area contributed by atoms with Crippen molar-refractivity contribution in [3.63, 3.8) is 0 Å². The molecule has 1 aromatic heterocycles. The van der Waals surface area contributed by atoms with E-state index in [1.54, 1.807) is 11.3 Å². The van der Waals surface area contributed by atoms with Crippen LogP contribution in [-0.2, 0) is 0 Å². The maximum atomic E-state index is 8.83. The van der Waals surface area contributed by atoms with Crippen LogP contribution in [0.1, 0.15) is 32.5 Å². The van der Waals surface area contributed by atoms with Gasteiger partial charge in [0, 0.05) is 18.0 Å². The SMILES string of the molecule is CC(NCC(C)(C)C#N)c1cscn1. The van der Waals surface area contributed by atoms with Crippen molar-refractivity contribution in [1.29, 1.82) is 5.26 Å². The van der Waals surface area contributed by atoms with Gasteiger partial charge in [-0.1, -0.05) is 0 Å². The van der Waals surface area contributed by atoms with Crippen molar-refractivity contribution in [1.82, 2.24) is 10.3 Å². The number of nitrogens with one attached hydrogen (secondary N) is 1. The van der Waals surface area contributed by atoms with Gasteiger partial charge in [0.15, 0.2) is 0 Å². The molecule has 4 heteroatoms. The molecule has 0 aliphatic carbocycles. The van der Waals surface area contributed by atoms with E-state index in [1.807, 2.05) is 24.7 Å².